The van der Waals surface area contributed by atoms with Crippen molar-refractivity contribution in [2.24, 2.45) is 0 Å². The van der Waals surface area contributed by atoms with Crippen LogP contribution in [0.5, 0.6) is 0 Å². The fourth-order valence-corrected chi connectivity index (χ4v) is 3.39. The van der Waals surface area contributed by atoms with Gasteiger partial charge in [-0.2, -0.15) is 0 Å². The lowest BCUT2D eigenvalue weighted by atomic mass is 10.2. The van der Waals surface area contributed by atoms with E-state index in [0.29, 0.717) is 18.6 Å². The predicted octanol–water partition coefficient (Wildman–Crippen LogP) is 1.52. The molecular weight excluding hydrogens is 293 g/mol. The van der Waals surface area contributed by atoms with Gasteiger partial charge in [0.2, 0.25) is 10.0 Å². The van der Waals surface area contributed by atoms with Crippen LogP contribution < -0.4 is 10.0 Å². The van der Waals surface area contributed by atoms with Gasteiger partial charge in [0, 0.05) is 24.7 Å². The van der Waals surface area contributed by atoms with Crippen LogP contribution in [0.25, 0.3) is 0 Å². The molecule has 8 heteroatoms. The summed E-state index contributed by atoms with van der Waals surface area (Å²) >= 11 is 0. The van der Waals surface area contributed by atoms with E-state index in [0.717, 1.165) is 19.4 Å². The fourth-order valence-electron chi connectivity index (χ4n) is 2.23. The third-order valence-electron chi connectivity index (χ3n) is 3.18. The Morgan fingerprint density at radius 2 is 1.90 bits per heavy atom. The molecule has 1 aromatic carbocycles. The number of hydrogen-bond acceptors (Lipinski definition) is 3. The van der Waals surface area contributed by atoms with E-state index in [4.69, 9.17) is 0 Å². The van der Waals surface area contributed by atoms with Crippen LogP contribution in [0.3, 0.4) is 0 Å². The van der Waals surface area contributed by atoms with Crippen LogP contribution in [0.2, 0.25) is 0 Å². The summed E-state index contributed by atoms with van der Waals surface area (Å²) in [6.45, 7) is 0.953. The SMILES string of the molecule is O=S(=O)(NCC[C@@H]1CCCN1)c1c(F)cc(F)cc1F. The zero-order valence-electron chi connectivity index (χ0n) is 10.6. The minimum Gasteiger partial charge on any atom is -0.314 e. The average Bonchev–Trinajstić information content (AvgIpc) is 2.79. The molecule has 1 aliphatic rings. The van der Waals surface area contributed by atoms with E-state index in [1.54, 1.807) is 0 Å². The van der Waals surface area contributed by atoms with Crippen molar-refractivity contribution in [2.45, 2.75) is 30.2 Å². The molecule has 0 aliphatic carbocycles. The molecule has 1 fully saturated rings. The Hall–Kier alpha value is -1.12. The van der Waals surface area contributed by atoms with Crippen molar-refractivity contribution in [2.75, 3.05) is 13.1 Å². The summed E-state index contributed by atoms with van der Waals surface area (Å²) in [7, 11) is -4.32. The van der Waals surface area contributed by atoms with Crippen LogP contribution in [0.4, 0.5) is 13.2 Å². The van der Waals surface area contributed by atoms with Crippen molar-refractivity contribution in [3.05, 3.63) is 29.6 Å². The molecule has 2 rings (SSSR count). The summed E-state index contributed by atoms with van der Waals surface area (Å²) in [5.74, 6) is -4.03. The standard InChI is InChI=1S/C12H15F3N2O2S/c13-8-6-10(14)12(11(15)7-8)20(18,19)17-5-3-9-2-1-4-16-9/h6-7,9,16-17H,1-5H2/t9-/m0/s1. The Kier molecular flexibility index (Phi) is 4.66. The van der Waals surface area contributed by atoms with E-state index in [1.165, 1.54) is 0 Å². The molecule has 1 aliphatic heterocycles. The zero-order valence-corrected chi connectivity index (χ0v) is 11.4. The monoisotopic (exact) mass is 308 g/mol. The maximum Gasteiger partial charge on any atom is 0.246 e. The second kappa shape index (κ2) is 6.11. The van der Waals surface area contributed by atoms with Gasteiger partial charge in [-0.3, -0.25) is 0 Å². The van der Waals surface area contributed by atoms with E-state index in [9.17, 15) is 21.6 Å². The van der Waals surface area contributed by atoms with Crippen LogP contribution >= 0.6 is 0 Å². The lowest BCUT2D eigenvalue weighted by molar-refractivity contribution is 0.491. The highest BCUT2D eigenvalue weighted by atomic mass is 32.2. The summed E-state index contributed by atoms with van der Waals surface area (Å²) in [6, 6.07) is 0.896. The summed E-state index contributed by atoms with van der Waals surface area (Å²) in [4.78, 5) is -1.14. The van der Waals surface area contributed by atoms with Crippen LogP contribution in [0.1, 0.15) is 19.3 Å². The number of halogens is 3. The number of hydrogen-bond donors (Lipinski definition) is 2. The van der Waals surface area contributed by atoms with Crippen LogP contribution in [0.15, 0.2) is 17.0 Å². The molecule has 0 saturated carbocycles. The number of rotatable bonds is 5. The van der Waals surface area contributed by atoms with Gasteiger partial charge in [-0.05, 0) is 25.8 Å². The van der Waals surface area contributed by atoms with Gasteiger partial charge in [0.1, 0.15) is 17.5 Å². The van der Waals surface area contributed by atoms with Gasteiger partial charge in [0.15, 0.2) is 4.90 Å². The molecule has 20 heavy (non-hydrogen) atoms. The Labute approximate surface area is 115 Å². The third kappa shape index (κ3) is 3.50. The molecule has 0 spiro atoms. The summed E-state index contributed by atoms with van der Waals surface area (Å²) < 4.78 is 65.4. The molecule has 1 aromatic rings. The Balaban J connectivity index is 2.06. The van der Waals surface area contributed by atoms with Gasteiger partial charge in [-0.15, -0.1) is 0 Å². The number of nitrogens with one attached hydrogen (secondary N) is 2. The van der Waals surface area contributed by atoms with Crippen LogP contribution in [-0.2, 0) is 10.0 Å². The molecule has 4 nitrogen and oxygen atoms in total. The van der Waals surface area contributed by atoms with Crippen molar-refractivity contribution in [1.29, 1.82) is 0 Å². The summed E-state index contributed by atoms with van der Waals surface area (Å²) in [5.41, 5.74) is 0. The Bertz CT molecular complexity index is 563. The Morgan fingerprint density at radius 1 is 1.25 bits per heavy atom. The number of benzene rings is 1. The highest BCUT2D eigenvalue weighted by Crippen LogP contribution is 2.20. The molecule has 0 amide bonds. The molecular formula is C12H15F3N2O2S. The molecule has 1 atom stereocenters. The highest BCUT2D eigenvalue weighted by Gasteiger charge is 2.25. The second-order valence-electron chi connectivity index (χ2n) is 4.68. The van der Waals surface area contributed by atoms with Crippen molar-refractivity contribution < 1.29 is 21.6 Å². The normalized spacial score (nSPS) is 19.4. The summed E-state index contributed by atoms with van der Waals surface area (Å²) in [5, 5.41) is 3.18. The van der Waals surface area contributed by atoms with Crippen molar-refractivity contribution in [3.8, 4) is 0 Å². The summed E-state index contributed by atoms with van der Waals surface area (Å²) in [6.07, 6.45) is 2.50. The molecule has 1 saturated heterocycles. The third-order valence-corrected chi connectivity index (χ3v) is 4.69. The molecule has 0 unspecified atom stereocenters. The Morgan fingerprint density at radius 3 is 2.45 bits per heavy atom. The van der Waals surface area contributed by atoms with Crippen molar-refractivity contribution >= 4 is 10.0 Å². The first-order chi connectivity index (χ1) is 9.40. The quantitative estimate of drug-likeness (QED) is 0.867. The first kappa shape index (κ1) is 15.3. The average molecular weight is 308 g/mol. The molecule has 0 radical (unpaired) electrons. The van der Waals surface area contributed by atoms with Crippen molar-refractivity contribution in [1.82, 2.24) is 10.0 Å². The topological polar surface area (TPSA) is 58.2 Å². The number of sulfonamides is 1. The maximum absolute atomic E-state index is 13.4. The van der Waals surface area contributed by atoms with Gasteiger partial charge in [0.05, 0.1) is 0 Å². The first-order valence-electron chi connectivity index (χ1n) is 6.28. The lowest BCUT2D eigenvalue weighted by Gasteiger charge is -2.12. The van der Waals surface area contributed by atoms with Crippen molar-refractivity contribution in [3.63, 3.8) is 0 Å². The maximum atomic E-state index is 13.4. The van der Waals surface area contributed by atoms with E-state index < -0.39 is 32.4 Å². The fraction of sp³-hybridized carbons (Fsp3) is 0.500. The van der Waals surface area contributed by atoms with Gasteiger partial charge in [0.25, 0.3) is 0 Å². The van der Waals surface area contributed by atoms with E-state index in [-0.39, 0.29) is 12.6 Å². The highest BCUT2D eigenvalue weighted by molar-refractivity contribution is 7.89. The van der Waals surface area contributed by atoms with Gasteiger partial charge in [-0.1, -0.05) is 0 Å². The van der Waals surface area contributed by atoms with E-state index >= 15 is 0 Å². The second-order valence-corrected chi connectivity index (χ2v) is 6.38. The smallest absolute Gasteiger partial charge is 0.246 e. The van der Waals surface area contributed by atoms with Crippen LogP contribution in [0, 0.1) is 17.5 Å². The lowest BCUT2D eigenvalue weighted by Crippen LogP contribution is -2.31. The molecule has 2 N–H and O–H groups in total. The van der Waals surface area contributed by atoms with E-state index in [2.05, 4.69) is 10.0 Å². The molecule has 112 valence electrons. The van der Waals surface area contributed by atoms with E-state index in [1.807, 2.05) is 0 Å². The minimum atomic E-state index is -4.32. The van der Waals surface area contributed by atoms with Gasteiger partial charge < -0.3 is 5.32 Å². The predicted molar refractivity (Wildman–Crippen MR) is 67.1 cm³/mol. The molecule has 0 aromatic heterocycles. The molecule has 0 bridgehead atoms. The molecule has 1 heterocycles. The van der Waals surface area contributed by atoms with Gasteiger partial charge >= 0.3 is 0 Å². The first-order valence-corrected chi connectivity index (χ1v) is 7.76. The van der Waals surface area contributed by atoms with Gasteiger partial charge in [-0.25, -0.2) is 26.3 Å². The minimum absolute atomic E-state index is 0.0657. The van der Waals surface area contributed by atoms with Crippen LogP contribution in [-0.4, -0.2) is 27.5 Å². The largest absolute Gasteiger partial charge is 0.314 e. The zero-order chi connectivity index (χ0) is 14.8.